The summed E-state index contributed by atoms with van der Waals surface area (Å²) in [5.74, 6) is 0. The Morgan fingerprint density at radius 1 is 1.26 bits per heavy atom. The zero-order valence-corrected chi connectivity index (χ0v) is 14.3. The van der Waals surface area contributed by atoms with Crippen LogP contribution in [0.2, 0.25) is 0 Å². The summed E-state index contributed by atoms with van der Waals surface area (Å²) in [6.45, 7) is 7.13. The van der Waals surface area contributed by atoms with Gasteiger partial charge < -0.3 is 5.32 Å². The number of rotatable bonds is 3. The molecule has 2 aromatic rings. The third-order valence-corrected chi connectivity index (χ3v) is 3.69. The van der Waals surface area contributed by atoms with E-state index in [2.05, 4.69) is 68.3 Å². The van der Waals surface area contributed by atoms with E-state index in [0.717, 1.165) is 26.9 Å². The fourth-order valence-corrected chi connectivity index (χ4v) is 2.80. The highest BCUT2D eigenvalue weighted by Gasteiger charge is 2.13. The van der Waals surface area contributed by atoms with Gasteiger partial charge in [-0.15, -0.1) is 5.10 Å². The SMILES string of the molecule is CC(C)(C)NCc1cnnn1-c1ccc(Br)cc1Br. The van der Waals surface area contributed by atoms with Crippen molar-refractivity contribution in [2.24, 2.45) is 0 Å². The average Bonchev–Trinajstić information content (AvgIpc) is 2.73. The Kier molecular flexibility index (Phi) is 4.43. The lowest BCUT2D eigenvalue weighted by Gasteiger charge is -2.20. The predicted octanol–water partition coefficient (Wildman–Crippen LogP) is 3.68. The van der Waals surface area contributed by atoms with Crippen molar-refractivity contribution in [3.05, 3.63) is 39.0 Å². The van der Waals surface area contributed by atoms with Gasteiger partial charge in [0.25, 0.3) is 0 Å². The first-order chi connectivity index (χ1) is 8.87. The number of nitrogens with one attached hydrogen (secondary N) is 1. The van der Waals surface area contributed by atoms with Crippen LogP contribution in [0.15, 0.2) is 33.3 Å². The molecule has 0 saturated carbocycles. The van der Waals surface area contributed by atoms with E-state index < -0.39 is 0 Å². The molecule has 1 N–H and O–H groups in total. The topological polar surface area (TPSA) is 42.7 Å². The van der Waals surface area contributed by atoms with Gasteiger partial charge in [-0.2, -0.15) is 0 Å². The maximum Gasteiger partial charge on any atom is 0.0810 e. The summed E-state index contributed by atoms with van der Waals surface area (Å²) in [7, 11) is 0. The van der Waals surface area contributed by atoms with Crippen LogP contribution in [0.5, 0.6) is 0 Å². The Morgan fingerprint density at radius 2 is 2.00 bits per heavy atom. The van der Waals surface area contributed by atoms with Crippen LogP contribution in [0, 0.1) is 0 Å². The Balaban J connectivity index is 2.28. The summed E-state index contributed by atoms with van der Waals surface area (Å²) in [4.78, 5) is 0. The van der Waals surface area contributed by atoms with Crippen LogP contribution in [-0.4, -0.2) is 20.5 Å². The highest BCUT2D eigenvalue weighted by atomic mass is 79.9. The lowest BCUT2D eigenvalue weighted by molar-refractivity contribution is 0.418. The van der Waals surface area contributed by atoms with Crippen molar-refractivity contribution < 1.29 is 0 Å². The second kappa shape index (κ2) is 5.73. The Morgan fingerprint density at radius 3 is 2.63 bits per heavy atom. The normalized spacial score (nSPS) is 11.8. The Bertz CT molecular complexity index is 572. The van der Waals surface area contributed by atoms with E-state index in [0.29, 0.717) is 0 Å². The first kappa shape index (κ1) is 14.7. The lowest BCUT2D eigenvalue weighted by atomic mass is 10.1. The van der Waals surface area contributed by atoms with Crippen molar-refractivity contribution in [3.63, 3.8) is 0 Å². The quantitative estimate of drug-likeness (QED) is 0.873. The van der Waals surface area contributed by atoms with Crippen LogP contribution < -0.4 is 5.32 Å². The van der Waals surface area contributed by atoms with Crippen molar-refractivity contribution in [1.82, 2.24) is 20.3 Å². The maximum absolute atomic E-state index is 4.16. The molecule has 0 atom stereocenters. The van der Waals surface area contributed by atoms with Gasteiger partial charge >= 0.3 is 0 Å². The monoisotopic (exact) mass is 386 g/mol. The molecule has 0 bridgehead atoms. The summed E-state index contributed by atoms with van der Waals surface area (Å²) in [5.41, 5.74) is 2.07. The molecule has 2 rings (SSSR count). The second-order valence-corrected chi connectivity index (χ2v) is 7.11. The van der Waals surface area contributed by atoms with E-state index in [1.807, 2.05) is 22.9 Å². The number of hydrogen-bond acceptors (Lipinski definition) is 3. The van der Waals surface area contributed by atoms with Crippen LogP contribution in [0.25, 0.3) is 5.69 Å². The van der Waals surface area contributed by atoms with Gasteiger partial charge in [-0.3, -0.25) is 0 Å². The third kappa shape index (κ3) is 3.87. The minimum atomic E-state index is 0.0616. The van der Waals surface area contributed by atoms with Gasteiger partial charge in [0.1, 0.15) is 0 Å². The molecule has 6 heteroatoms. The molecule has 0 radical (unpaired) electrons. The van der Waals surface area contributed by atoms with E-state index in [4.69, 9.17) is 0 Å². The zero-order valence-electron chi connectivity index (χ0n) is 11.1. The van der Waals surface area contributed by atoms with E-state index >= 15 is 0 Å². The molecule has 0 unspecified atom stereocenters. The highest BCUT2D eigenvalue weighted by molar-refractivity contribution is 9.11. The first-order valence-electron chi connectivity index (χ1n) is 5.97. The van der Waals surface area contributed by atoms with Crippen molar-refractivity contribution in [2.45, 2.75) is 32.9 Å². The number of halogens is 2. The molecule has 19 heavy (non-hydrogen) atoms. The maximum atomic E-state index is 4.16. The van der Waals surface area contributed by atoms with E-state index in [1.165, 1.54) is 0 Å². The molecule has 0 spiro atoms. The predicted molar refractivity (Wildman–Crippen MR) is 83.4 cm³/mol. The molecular weight excluding hydrogens is 372 g/mol. The summed E-state index contributed by atoms with van der Waals surface area (Å²) < 4.78 is 3.84. The average molecular weight is 388 g/mol. The van der Waals surface area contributed by atoms with E-state index in [-0.39, 0.29) is 5.54 Å². The van der Waals surface area contributed by atoms with Crippen molar-refractivity contribution in [2.75, 3.05) is 0 Å². The molecule has 4 nitrogen and oxygen atoms in total. The molecule has 0 fully saturated rings. The fourth-order valence-electron chi connectivity index (χ4n) is 1.59. The molecule has 0 aliphatic carbocycles. The molecule has 0 aliphatic rings. The molecule has 0 aliphatic heterocycles. The minimum Gasteiger partial charge on any atom is -0.306 e. The fraction of sp³-hybridized carbons (Fsp3) is 0.385. The van der Waals surface area contributed by atoms with Gasteiger partial charge in [0, 0.05) is 21.0 Å². The summed E-state index contributed by atoms with van der Waals surface area (Å²) in [5, 5.41) is 11.6. The first-order valence-corrected chi connectivity index (χ1v) is 7.55. The van der Waals surface area contributed by atoms with Gasteiger partial charge in [0.15, 0.2) is 0 Å². The van der Waals surface area contributed by atoms with Crippen LogP contribution in [0.3, 0.4) is 0 Å². The molecule has 0 amide bonds. The number of nitrogens with zero attached hydrogens (tertiary/aromatic N) is 3. The van der Waals surface area contributed by atoms with Gasteiger partial charge in [-0.1, -0.05) is 21.1 Å². The van der Waals surface area contributed by atoms with Crippen LogP contribution in [0.4, 0.5) is 0 Å². The molecule has 1 aromatic heterocycles. The van der Waals surface area contributed by atoms with Gasteiger partial charge in [-0.05, 0) is 54.9 Å². The van der Waals surface area contributed by atoms with Crippen LogP contribution in [0.1, 0.15) is 26.5 Å². The number of hydrogen-bond donors (Lipinski definition) is 1. The Hall–Kier alpha value is -0.720. The summed E-state index contributed by atoms with van der Waals surface area (Å²) >= 11 is 7.00. The van der Waals surface area contributed by atoms with Crippen LogP contribution >= 0.6 is 31.9 Å². The molecule has 102 valence electrons. The highest BCUT2D eigenvalue weighted by Crippen LogP contribution is 2.25. The number of benzene rings is 1. The smallest absolute Gasteiger partial charge is 0.0810 e. The lowest BCUT2D eigenvalue weighted by Crippen LogP contribution is -2.35. The molecular formula is C13H16Br2N4. The molecule has 1 aromatic carbocycles. The third-order valence-electron chi connectivity index (χ3n) is 2.56. The van der Waals surface area contributed by atoms with Crippen molar-refractivity contribution in [3.8, 4) is 5.69 Å². The van der Waals surface area contributed by atoms with Crippen LogP contribution in [-0.2, 0) is 6.54 Å². The van der Waals surface area contributed by atoms with Crippen molar-refractivity contribution >= 4 is 31.9 Å². The molecule has 0 saturated heterocycles. The van der Waals surface area contributed by atoms with Crippen molar-refractivity contribution in [1.29, 1.82) is 0 Å². The van der Waals surface area contributed by atoms with Gasteiger partial charge in [-0.25, -0.2) is 4.68 Å². The summed E-state index contributed by atoms with van der Waals surface area (Å²) in [6, 6.07) is 5.99. The Labute approximate surface area is 129 Å². The second-order valence-electron chi connectivity index (χ2n) is 5.34. The summed E-state index contributed by atoms with van der Waals surface area (Å²) in [6.07, 6.45) is 1.78. The van der Waals surface area contributed by atoms with E-state index in [1.54, 1.807) is 6.20 Å². The van der Waals surface area contributed by atoms with E-state index in [9.17, 15) is 0 Å². The zero-order chi connectivity index (χ0) is 14.0. The molecule has 1 heterocycles. The largest absolute Gasteiger partial charge is 0.306 e. The van der Waals surface area contributed by atoms with Gasteiger partial charge in [0.05, 0.1) is 17.6 Å². The minimum absolute atomic E-state index is 0.0616. The number of aromatic nitrogens is 3. The van der Waals surface area contributed by atoms with Gasteiger partial charge in [0.2, 0.25) is 0 Å². The standard InChI is InChI=1S/C13H16Br2N4/c1-13(2,3)16-7-10-8-17-18-19(10)12-5-4-9(14)6-11(12)15/h4-6,8,16H,7H2,1-3H3.